The first-order valence-electron chi connectivity index (χ1n) is 8.27. The van der Waals surface area contributed by atoms with Gasteiger partial charge in [0.2, 0.25) is 5.78 Å². The minimum atomic E-state index is -0.653. The maximum Gasteiger partial charge on any atom is 0.331 e. The highest BCUT2D eigenvalue weighted by Crippen LogP contribution is 2.24. The molecule has 144 valence electrons. The highest BCUT2D eigenvalue weighted by Gasteiger charge is 2.15. The number of carbonyl (C=O) groups excluding carboxylic acids is 2. The molecule has 0 aliphatic heterocycles. The van der Waals surface area contributed by atoms with Crippen molar-refractivity contribution in [3.8, 4) is 23.3 Å². The Hall–Kier alpha value is -3.79. The molecule has 0 unspecified atom stereocenters. The molecule has 7 nitrogen and oxygen atoms in total. The molecule has 2 aromatic carbocycles. The fourth-order valence-corrected chi connectivity index (χ4v) is 2.25. The summed E-state index contributed by atoms with van der Waals surface area (Å²) < 4.78 is 20.4. The fourth-order valence-electron chi connectivity index (χ4n) is 2.25. The average Bonchev–Trinajstić information content (AvgIpc) is 2.74. The monoisotopic (exact) mass is 381 g/mol. The van der Waals surface area contributed by atoms with Crippen molar-refractivity contribution in [2.75, 3.05) is 27.4 Å². The number of nitriles is 1. The van der Waals surface area contributed by atoms with E-state index in [4.69, 9.17) is 24.2 Å². The summed E-state index contributed by atoms with van der Waals surface area (Å²) in [5, 5.41) is 8.47. The smallest absolute Gasteiger partial charge is 0.331 e. The molecule has 0 fully saturated rings. The maximum atomic E-state index is 12.3. The number of ketones is 1. The number of ether oxygens (including phenoxy) is 4. The third-order valence-corrected chi connectivity index (χ3v) is 3.65. The van der Waals surface area contributed by atoms with Gasteiger partial charge in [-0.05, 0) is 42.0 Å². The maximum absolute atomic E-state index is 12.3. The number of Topliss-reactive ketones (excluding diaryl/α,β-unsaturated/α-hetero) is 1. The number of benzene rings is 2. The number of nitrogens with zero attached hydrogens (tertiary/aromatic N) is 1. The zero-order chi connectivity index (χ0) is 20.4. The van der Waals surface area contributed by atoms with Crippen molar-refractivity contribution in [1.29, 1.82) is 5.26 Å². The molecular weight excluding hydrogens is 362 g/mol. The summed E-state index contributed by atoms with van der Waals surface area (Å²) in [6, 6.07) is 13.5. The van der Waals surface area contributed by atoms with Crippen molar-refractivity contribution in [2.24, 2.45) is 0 Å². The van der Waals surface area contributed by atoms with Crippen LogP contribution < -0.4 is 14.2 Å². The van der Waals surface area contributed by atoms with E-state index in [1.54, 1.807) is 42.5 Å². The molecule has 0 atom stereocenters. The Kier molecular flexibility index (Phi) is 7.61. The molecule has 0 saturated carbocycles. The second kappa shape index (κ2) is 10.4. The summed E-state index contributed by atoms with van der Waals surface area (Å²) in [6.07, 6.45) is 2.77. The minimum Gasteiger partial charge on any atom is -0.497 e. The summed E-state index contributed by atoms with van der Waals surface area (Å²) in [5.41, 5.74) is 1.01. The van der Waals surface area contributed by atoms with Crippen LogP contribution in [0, 0.1) is 11.3 Å². The van der Waals surface area contributed by atoms with E-state index in [9.17, 15) is 9.59 Å². The zero-order valence-corrected chi connectivity index (χ0v) is 15.5. The van der Waals surface area contributed by atoms with Gasteiger partial charge in [-0.1, -0.05) is 12.1 Å². The summed E-state index contributed by atoms with van der Waals surface area (Å²) in [5.74, 6) is 0.365. The minimum absolute atomic E-state index is 0.0341. The summed E-state index contributed by atoms with van der Waals surface area (Å²) in [4.78, 5) is 24.2. The molecule has 0 aromatic heterocycles. The molecule has 2 aromatic rings. The molecule has 7 heteroatoms. The van der Waals surface area contributed by atoms with Crippen LogP contribution in [0.2, 0.25) is 0 Å². The molecule has 0 radical (unpaired) electrons. The van der Waals surface area contributed by atoms with E-state index in [0.29, 0.717) is 17.2 Å². The Morgan fingerprint density at radius 1 is 1.04 bits per heavy atom. The molecule has 0 saturated heterocycles. The number of carbonyl (C=O) groups is 2. The van der Waals surface area contributed by atoms with E-state index in [-0.39, 0.29) is 12.2 Å². The third kappa shape index (κ3) is 5.88. The van der Waals surface area contributed by atoms with Gasteiger partial charge in [-0.25, -0.2) is 4.79 Å². The largest absolute Gasteiger partial charge is 0.497 e. The second-order valence-corrected chi connectivity index (χ2v) is 5.45. The Balaban J connectivity index is 1.92. The topological polar surface area (TPSA) is 94.8 Å². The van der Waals surface area contributed by atoms with Crippen molar-refractivity contribution < 1.29 is 28.5 Å². The highest BCUT2D eigenvalue weighted by atomic mass is 16.5. The molecule has 2 rings (SSSR count). The van der Waals surface area contributed by atoms with E-state index in [1.165, 1.54) is 26.4 Å². The quantitative estimate of drug-likeness (QED) is 0.374. The number of hydrogen-bond donors (Lipinski definition) is 0. The third-order valence-electron chi connectivity index (χ3n) is 3.65. The van der Waals surface area contributed by atoms with Crippen molar-refractivity contribution in [3.05, 3.63) is 59.7 Å². The van der Waals surface area contributed by atoms with E-state index >= 15 is 0 Å². The van der Waals surface area contributed by atoms with E-state index < -0.39 is 18.4 Å². The molecular formula is C21H19NO6. The van der Waals surface area contributed by atoms with Gasteiger partial charge in [0.05, 0.1) is 19.8 Å². The van der Waals surface area contributed by atoms with E-state index in [2.05, 4.69) is 0 Å². The van der Waals surface area contributed by atoms with Crippen LogP contribution in [0.4, 0.5) is 0 Å². The van der Waals surface area contributed by atoms with Crippen LogP contribution in [0.1, 0.15) is 15.9 Å². The number of methoxy groups -OCH3 is 2. The summed E-state index contributed by atoms with van der Waals surface area (Å²) in [6.45, 7) is -0.457. The van der Waals surface area contributed by atoms with Crippen LogP contribution in [0.25, 0.3) is 6.08 Å². The van der Waals surface area contributed by atoms with Gasteiger partial charge in [0.1, 0.15) is 23.3 Å². The molecule has 0 aliphatic carbocycles. The van der Waals surface area contributed by atoms with E-state index in [1.807, 2.05) is 6.07 Å². The Morgan fingerprint density at radius 2 is 1.75 bits per heavy atom. The van der Waals surface area contributed by atoms with Crippen LogP contribution in [-0.2, 0) is 9.53 Å². The first kappa shape index (κ1) is 20.5. The van der Waals surface area contributed by atoms with Crippen LogP contribution in [0.5, 0.6) is 17.2 Å². The fraction of sp³-hybridized carbons (Fsp3) is 0.190. The molecule has 0 heterocycles. The van der Waals surface area contributed by atoms with E-state index in [0.717, 1.165) is 5.56 Å². The lowest BCUT2D eigenvalue weighted by atomic mass is 10.1. The molecule has 28 heavy (non-hydrogen) atoms. The zero-order valence-electron chi connectivity index (χ0n) is 15.5. The predicted molar refractivity (Wildman–Crippen MR) is 101 cm³/mol. The van der Waals surface area contributed by atoms with Crippen LogP contribution in [0.15, 0.2) is 48.5 Å². The molecule has 0 aliphatic rings. The van der Waals surface area contributed by atoms with Gasteiger partial charge in [0.25, 0.3) is 0 Å². The molecule has 0 bridgehead atoms. The van der Waals surface area contributed by atoms with Crippen LogP contribution in [-0.4, -0.2) is 39.2 Å². The van der Waals surface area contributed by atoms with Gasteiger partial charge in [-0.2, -0.15) is 5.26 Å². The SMILES string of the molecule is COc1ccc(OC)c(C(=O)COC(=O)/C=C/c2ccc(OCC#N)cc2)c1. The lowest BCUT2D eigenvalue weighted by molar-refractivity contribution is -0.136. The summed E-state index contributed by atoms with van der Waals surface area (Å²) in [7, 11) is 2.94. The normalized spacial score (nSPS) is 10.2. The number of esters is 1. The van der Waals surface area contributed by atoms with Gasteiger partial charge in [0, 0.05) is 6.08 Å². The second-order valence-electron chi connectivity index (χ2n) is 5.45. The Bertz CT molecular complexity index is 896. The number of hydrogen-bond acceptors (Lipinski definition) is 7. The Morgan fingerprint density at radius 3 is 2.39 bits per heavy atom. The van der Waals surface area contributed by atoms with Crippen LogP contribution >= 0.6 is 0 Å². The molecule has 0 spiro atoms. The first-order chi connectivity index (χ1) is 13.6. The highest BCUT2D eigenvalue weighted by molar-refractivity contribution is 6.01. The van der Waals surface area contributed by atoms with Gasteiger partial charge >= 0.3 is 5.97 Å². The lowest BCUT2D eigenvalue weighted by Gasteiger charge is -2.09. The first-order valence-corrected chi connectivity index (χ1v) is 8.27. The predicted octanol–water partition coefficient (Wildman–Crippen LogP) is 3.05. The van der Waals surface area contributed by atoms with Gasteiger partial charge < -0.3 is 18.9 Å². The summed E-state index contributed by atoms with van der Waals surface area (Å²) >= 11 is 0. The standard InChI is InChI=1S/C21H19NO6/c1-25-17-8-9-20(26-2)18(13-17)19(23)14-28-21(24)10-5-15-3-6-16(7-4-15)27-12-11-22/h3-10,13H,12,14H2,1-2H3/b10-5+. The van der Waals surface area contributed by atoms with Crippen molar-refractivity contribution >= 4 is 17.8 Å². The van der Waals surface area contributed by atoms with Crippen molar-refractivity contribution in [2.45, 2.75) is 0 Å². The Labute approximate surface area is 162 Å². The van der Waals surface area contributed by atoms with Gasteiger partial charge in [0.15, 0.2) is 13.2 Å². The van der Waals surface area contributed by atoms with Crippen molar-refractivity contribution in [3.63, 3.8) is 0 Å². The number of rotatable bonds is 9. The average molecular weight is 381 g/mol. The lowest BCUT2D eigenvalue weighted by Crippen LogP contribution is -2.13. The van der Waals surface area contributed by atoms with Crippen molar-refractivity contribution in [1.82, 2.24) is 0 Å². The molecule has 0 N–H and O–H groups in total. The van der Waals surface area contributed by atoms with Gasteiger partial charge in [-0.15, -0.1) is 0 Å². The molecule has 0 amide bonds. The van der Waals surface area contributed by atoms with Gasteiger partial charge in [-0.3, -0.25) is 4.79 Å². The van der Waals surface area contributed by atoms with Crippen LogP contribution in [0.3, 0.4) is 0 Å².